The summed E-state index contributed by atoms with van der Waals surface area (Å²) in [6, 6.07) is 6.16. The van der Waals surface area contributed by atoms with Crippen molar-refractivity contribution in [1.82, 2.24) is 10.3 Å². The van der Waals surface area contributed by atoms with Crippen molar-refractivity contribution < 1.29 is 35.9 Å². The second-order valence-electron chi connectivity index (χ2n) is 7.31. The van der Waals surface area contributed by atoms with Gasteiger partial charge in [0, 0.05) is 29.8 Å². The molecule has 2 heterocycles. The van der Waals surface area contributed by atoms with Gasteiger partial charge in [-0.25, -0.2) is 13.4 Å². The van der Waals surface area contributed by atoms with E-state index in [4.69, 9.17) is 9.47 Å². The van der Waals surface area contributed by atoms with Gasteiger partial charge in [-0.1, -0.05) is 18.2 Å². The van der Waals surface area contributed by atoms with Crippen LogP contribution in [0.4, 0.5) is 19.0 Å². The molecule has 0 radical (unpaired) electrons. The van der Waals surface area contributed by atoms with E-state index in [1.165, 1.54) is 13.0 Å². The Morgan fingerprint density at radius 1 is 1.21 bits per heavy atom. The lowest BCUT2D eigenvalue weighted by Crippen LogP contribution is -2.32. The van der Waals surface area contributed by atoms with Crippen LogP contribution in [0.2, 0.25) is 0 Å². The third kappa shape index (κ3) is 6.60. The fraction of sp³-hybridized carbons (Fsp3) is 0.333. The highest BCUT2D eigenvalue weighted by Crippen LogP contribution is 2.34. The Labute approximate surface area is 188 Å². The van der Waals surface area contributed by atoms with Crippen molar-refractivity contribution in [3.63, 3.8) is 0 Å². The highest BCUT2D eigenvalue weighted by molar-refractivity contribution is 7.93. The normalized spacial score (nSPS) is 14.7. The summed E-state index contributed by atoms with van der Waals surface area (Å²) in [4.78, 5) is 16.3. The molecule has 1 aliphatic heterocycles. The summed E-state index contributed by atoms with van der Waals surface area (Å²) in [6.07, 6.45) is -2.46. The molecule has 3 rings (SSSR count). The number of carbonyl (C=O) groups excluding carboxylic acids is 1. The molecule has 33 heavy (non-hydrogen) atoms. The van der Waals surface area contributed by atoms with Crippen LogP contribution < -0.4 is 20.1 Å². The van der Waals surface area contributed by atoms with Gasteiger partial charge in [-0.15, -0.1) is 0 Å². The topological polar surface area (TPSA) is 107 Å². The number of rotatable bonds is 7. The Morgan fingerprint density at radius 3 is 2.64 bits per heavy atom. The quantitative estimate of drug-likeness (QED) is 0.621. The molecule has 0 saturated heterocycles. The molecule has 0 spiro atoms. The lowest BCUT2D eigenvalue weighted by Gasteiger charge is -2.21. The molecule has 12 heteroatoms. The minimum Gasteiger partial charge on any atom is -0.486 e. The van der Waals surface area contributed by atoms with Gasteiger partial charge in [0.1, 0.15) is 24.7 Å². The van der Waals surface area contributed by atoms with E-state index in [0.717, 1.165) is 17.7 Å². The van der Waals surface area contributed by atoms with E-state index in [1.54, 1.807) is 18.2 Å². The predicted octanol–water partition coefficient (Wildman–Crippen LogP) is 3.16. The fourth-order valence-corrected chi connectivity index (χ4v) is 3.50. The lowest BCUT2D eigenvalue weighted by atomic mass is 10.1. The van der Waals surface area contributed by atoms with Crippen molar-refractivity contribution in [2.45, 2.75) is 25.7 Å². The second kappa shape index (κ2) is 9.69. The van der Waals surface area contributed by atoms with Gasteiger partial charge < -0.3 is 20.1 Å². The summed E-state index contributed by atoms with van der Waals surface area (Å²) in [5.74, 6) is -0.0224. The number of aromatic nitrogens is 1. The Bertz CT molecular complexity index is 1170. The molecule has 1 atom stereocenters. The number of carbonyl (C=O) groups is 1. The number of sulfone groups is 1. The maximum atomic E-state index is 13.2. The molecule has 0 unspecified atom stereocenters. The maximum Gasteiger partial charge on any atom is 0.433 e. The van der Waals surface area contributed by atoms with Crippen molar-refractivity contribution >= 4 is 21.6 Å². The van der Waals surface area contributed by atoms with Crippen molar-refractivity contribution in [1.29, 1.82) is 0 Å². The van der Waals surface area contributed by atoms with Gasteiger partial charge in [-0.3, -0.25) is 4.79 Å². The van der Waals surface area contributed by atoms with E-state index in [0.29, 0.717) is 36.3 Å². The zero-order valence-corrected chi connectivity index (χ0v) is 18.6. The first-order valence-corrected chi connectivity index (χ1v) is 11.8. The Hall–Kier alpha value is -3.28. The molecular weight excluding hydrogens is 463 g/mol. The molecule has 1 aliphatic rings. The number of alkyl halides is 3. The summed E-state index contributed by atoms with van der Waals surface area (Å²) in [6.45, 7) is 2.26. The van der Waals surface area contributed by atoms with Gasteiger partial charge in [-0.2, -0.15) is 13.2 Å². The number of para-hydroxylation sites is 1. The van der Waals surface area contributed by atoms with E-state index in [2.05, 4.69) is 15.6 Å². The molecule has 8 nitrogen and oxygen atoms in total. The number of nitrogens with one attached hydrogen (secondary N) is 2. The first-order valence-electron chi connectivity index (χ1n) is 9.83. The number of pyridine rings is 1. The van der Waals surface area contributed by atoms with Crippen LogP contribution in [0.1, 0.15) is 28.5 Å². The van der Waals surface area contributed by atoms with E-state index in [-0.39, 0.29) is 17.9 Å². The molecular formula is C21H22F3N3O5S. The molecule has 0 saturated carbocycles. The Morgan fingerprint density at radius 2 is 1.94 bits per heavy atom. The van der Waals surface area contributed by atoms with E-state index in [9.17, 15) is 26.4 Å². The fourth-order valence-electron chi connectivity index (χ4n) is 2.98. The summed E-state index contributed by atoms with van der Waals surface area (Å²) < 4.78 is 73.3. The van der Waals surface area contributed by atoms with Crippen LogP contribution in [0.5, 0.6) is 11.5 Å². The van der Waals surface area contributed by atoms with Gasteiger partial charge in [0.15, 0.2) is 21.3 Å². The van der Waals surface area contributed by atoms with Crippen LogP contribution in [0.15, 0.2) is 41.8 Å². The van der Waals surface area contributed by atoms with Crippen LogP contribution in [-0.4, -0.2) is 44.8 Å². The molecule has 2 aromatic rings. The van der Waals surface area contributed by atoms with Crippen LogP contribution in [-0.2, 0) is 22.6 Å². The monoisotopic (exact) mass is 485 g/mol. The highest BCUT2D eigenvalue weighted by atomic mass is 32.2. The number of benzene rings is 1. The minimum absolute atomic E-state index is 0.0185. The van der Waals surface area contributed by atoms with Crippen LogP contribution in [0.25, 0.3) is 0 Å². The number of hydrogen-bond donors (Lipinski definition) is 2. The Kier molecular flexibility index (Phi) is 7.15. The third-order valence-electron chi connectivity index (χ3n) is 4.50. The van der Waals surface area contributed by atoms with Crippen LogP contribution >= 0.6 is 0 Å². The predicted molar refractivity (Wildman–Crippen MR) is 115 cm³/mol. The average Bonchev–Trinajstić information content (AvgIpc) is 2.75. The number of halogens is 3. The minimum atomic E-state index is -4.71. The van der Waals surface area contributed by atoms with Gasteiger partial charge in [0.05, 0.1) is 5.56 Å². The standard InChI is InChI=1S/C21H22F3N3O5S/c1-13(8-11-33(2,29)30)26-20(28)15-6-7-17(21(22,23)24)27-19(15)25-12-14-4-3-5-16-18(14)32-10-9-31-16/h3-8,11,13H,9-10,12H2,1-2H3,(H,25,27)(H,26,28)/b11-8+/t13-/m0/s1. The van der Waals surface area contributed by atoms with E-state index >= 15 is 0 Å². The maximum absolute atomic E-state index is 13.2. The molecule has 178 valence electrons. The molecule has 0 fully saturated rings. The van der Waals surface area contributed by atoms with Crippen molar-refractivity contribution in [2.75, 3.05) is 24.8 Å². The zero-order chi connectivity index (χ0) is 24.2. The summed E-state index contributed by atoms with van der Waals surface area (Å²) in [7, 11) is -3.40. The smallest absolute Gasteiger partial charge is 0.433 e. The number of amides is 1. The SMILES string of the molecule is C[C@@H](/C=C/S(C)(=O)=O)NC(=O)c1ccc(C(F)(F)F)nc1NCc1cccc2c1OCCO2. The van der Waals surface area contributed by atoms with Crippen LogP contribution in [0.3, 0.4) is 0 Å². The molecule has 1 aromatic carbocycles. The third-order valence-corrected chi connectivity index (χ3v) is 5.15. The molecule has 1 aromatic heterocycles. The van der Waals surface area contributed by atoms with Crippen molar-refractivity contribution in [3.05, 3.63) is 58.6 Å². The first kappa shape index (κ1) is 24.4. The van der Waals surface area contributed by atoms with E-state index < -0.39 is 33.7 Å². The number of ether oxygens (including phenoxy) is 2. The average molecular weight is 485 g/mol. The molecule has 0 bridgehead atoms. The van der Waals surface area contributed by atoms with Gasteiger partial charge in [0.2, 0.25) is 0 Å². The second-order valence-corrected chi connectivity index (χ2v) is 9.24. The molecule has 0 aliphatic carbocycles. The highest BCUT2D eigenvalue weighted by Gasteiger charge is 2.33. The van der Waals surface area contributed by atoms with Gasteiger partial charge >= 0.3 is 6.18 Å². The summed E-state index contributed by atoms with van der Waals surface area (Å²) >= 11 is 0. The van der Waals surface area contributed by atoms with E-state index in [1.807, 2.05) is 0 Å². The largest absolute Gasteiger partial charge is 0.486 e. The van der Waals surface area contributed by atoms with Crippen molar-refractivity contribution in [2.24, 2.45) is 0 Å². The number of anilines is 1. The zero-order valence-electron chi connectivity index (χ0n) is 17.8. The molecule has 2 N–H and O–H groups in total. The number of nitrogens with zero attached hydrogens (tertiary/aromatic N) is 1. The molecule has 1 amide bonds. The van der Waals surface area contributed by atoms with Gasteiger partial charge in [0.25, 0.3) is 5.91 Å². The number of hydrogen-bond acceptors (Lipinski definition) is 7. The lowest BCUT2D eigenvalue weighted by molar-refractivity contribution is -0.141. The van der Waals surface area contributed by atoms with Gasteiger partial charge in [-0.05, 0) is 25.1 Å². The summed E-state index contributed by atoms with van der Waals surface area (Å²) in [5, 5.41) is 6.23. The first-order chi connectivity index (χ1) is 15.4. The van der Waals surface area contributed by atoms with Crippen LogP contribution in [0, 0.1) is 0 Å². The van der Waals surface area contributed by atoms with Crippen molar-refractivity contribution in [3.8, 4) is 11.5 Å². The Balaban J connectivity index is 1.86. The number of fused-ring (bicyclic) bond motifs is 1. The summed E-state index contributed by atoms with van der Waals surface area (Å²) in [5.41, 5.74) is -0.687.